The van der Waals surface area contributed by atoms with Crippen LogP contribution in [0, 0.1) is 5.92 Å². The second-order valence-corrected chi connectivity index (χ2v) is 7.66. The van der Waals surface area contributed by atoms with Gasteiger partial charge in [-0.1, -0.05) is 18.9 Å². The molecule has 3 rings (SSSR count). The van der Waals surface area contributed by atoms with E-state index < -0.39 is 5.60 Å². The molecule has 2 heterocycles. The van der Waals surface area contributed by atoms with Gasteiger partial charge in [-0.2, -0.15) is 0 Å². The minimum Gasteiger partial charge on any atom is -0.389 e. The summed E-state index contributed by atoms with van der Waals surface area (Å²) in [6.07, 6.45) is 8.73. The van der Waals surface area contributed by atoms with E-state index in [1.807, 2.05) is 17.2 Å². The summed E-state index contributed by atoms with van der Waals surface area (Å²) in [4.78, 5) is 20.9. The Balaban J connectivity index is 1.44. The Kier molecular flexibility index (Phi) is 5.51. The quantitative estimate of drug-likeness (QED) is 0.867. The zero-order valence-electron chi connectivity index (χ0n) is 14.7. The minimum atomic E-state index is -0.730. The average molecular weight is 331 g/mol. The molecule has 1 saturated heterocycles. The molecule has 1 aliphatic carbocycles. The molecular formula is C19H29N3O2. The molecule has 1 aliphatic heterocycles. The maximum atomic E-state index is 12.5. The number of aromatic nitrogens is 1. The zero-order chi connectivity index (χ0) is 17.0. The van der Waals surface area contributed by atoms with Gasteiger partial charge in [0.05, 0.1) is 12.0 Å². The van der Waals surface area contributed by atoms with Crippen LogP contribution in [0.25, 0.3) is 0 Å². The van der Waals surface area contributed by atoms with Gasteiger partial charge >= 0.3 is 0 Å². The highest BCUT2D eigenvalue weighted by atomic mass is 16.3. The van der Waals surface area contributed by atoms with Gasteiger partial charge in [0.1, 0.15) is 0 Å². The van der Waals surface area contributed by atoms with E-state index in [0.717, 1.165) is 58.3 Å². The summed E-state index contributed by atoms with van der Waals surface area (Å²) >= 11 is 0. The van der Waals surface area contributed by atoms with E-state index in [1.54, 1.807) is 6.20 Å². The van der Waals surface area contributed by atoms with Crippen LogP contribution >= 0.6 is 0 Å². The molecule has 0 aromatic carbocycles. The molecular weight excluding hydrogens is 302 g/mol. The average Bonchev–Trinajstić information content (AvgIpc) is 3.17. The van der Waals surface area contributed by atoms with Crippen molar-refractivity contribution in [3.05, 3.63) is 30.1 Å². The maximum Gasteiger partial charge on any atom is 0.225 e. The second kappa shape index (κ2) is 7.62. The Bertz CT molecular complexity index is 543. The Morgan fingerprint density at radius 3 is 2.96 bits per heavy atom. The van der Waals surface area contributed by atoms with Crippen molar-refractivity contribution in [2.24, 2.45) is 5.92 Å². The third-order valence-electron chi connectivity index (χ3n) is 5.40. The normalized spacial score (nSPS) is 23.1. The van der Waals surface area contributed by atoms with Gasteiger partial charge in [-0.05, 0) is 43.9 Å². The van der Waals surface area contributed by atoms with Gasteiger partial charge < -0.3 is 14.9 Å². The number of carbonyl (C=O) groups excluding carboxylic acids is 1. The molecule has 132 valence electrons. The van der Waals surface area contributed by atoms with Gasteiger partial charge in [-0.15, -0.1) is 0 Å². The third kappa shape index (κ3) is 4.54. The van der Waals surface area contributed by atoms with Crippen LogP contribution in [0.4, 0.5) is 0 Å². The summed E-state index contributed by atoms with van der Waals surface area (Å²) in [5.41, 5.74) is 0.487. The van der Waals surface area contributed by atoms with Crippen LogP contribution in [0.3, 0.4) is 0 Å². The highest BCUT2D eigenvalue weighted by molar-refractivity contribution is 5.77. The predicted octanol–water partition coefficient (Wildman–Crippen LogP) is 2.06. The van der Waals surface area contributed by atoms with Crippen LogP contribution in [0.5, 0.6) is 0 Å². The summed E-state index contributed by atoms with van der Waals surface area (Å²) < 4.78 is 0. The van der Waals surface area contributed by atoms with Crippen molar-refractivity contribution in [3.8, 4) is 0 Å². The largest absolute Gasteiger partial charge is 0.389 e. The van der Waals surface area contributed by atoms with Gasteiger partial charge in [0.25, 0.3) is 0 Å². The second-order valence-electron chi connectivity index (χ2n) is 7.66. The number of rotatable bonds is 6. The fraction of sp³-hybridized carbons (Fsp3) is 0.684. The Morgan fingerprint density at radius 1 is 1.46 bits per heavy atom. The lowest BCUT2D eigenvalue weighted by Gasteiger charge is -2.25. The van der Waals surface area contributed by atoms with Crippen molar-refractivity contribution in [1.82, 2.24) is 14.8 Å². The van der Waals surface area contributed by atoms with Crippen molar-refractivity contribution < 1.29 is 9.90 Å². The molecule has 5 heteroatoms. The number of hydrogen-bond donors (Lipinski definition) is 1. The van der Waals surface area contributed by atoms with Crippen molar-refractivity contribution in [2.75, 3.05) is 26.7 Å². The first-order valence-electron chi connectivity index (χ1n) is 9.12. The fourth-order valence-corrected chi connectivity index (χ4v) is 4.12. The first-order valence-corrected chi connectivity index (χ1v) is 9.12. The standard InChI is InChI=1S/C19H29N3O2/c1-21(13-16-5-4-9-20-12-16)14-17-6-10-22(15-17)18(23)11-19(24)7-2-3-8-19/h4-5,9,12,17,24H,2-3,6-8,10-11,13-15H2,1H3. The topological polar surface area (TPSA) is 56.7 Å². The van der Waals surface area contributed by atoms with Gasteiger partial charge in [0.15, 0.2) is 0 Å². The number of hydrogen-bond acceptors (Lipinski definition) is 4. The van der Waals surface area contributed by atoms with Crippen LogP contribution in [0.2, 0.25) is 0 Å². The van der Waals surface area contributed by atoms with E-state index in [4.69, 9.17) is 0 Å². The molecule has 2 aliphatic rings. The van der Waals surface area contributed by atoms with Crippen LogP contribution in [0.1, 0.15) is 44.1 Å². The molecule has 0 radical (unpaired) electrons. The number of aliphatic hydroxyl groups is 1. The highest BCUT2D eigenvalue weighted by Crippen LogP contribution is 2.33. The Morgan fingerprint density at radius 2 is 2.25 bits per heavy atom. The SMILES string of the molecule is CN(Cc1cccnc1)CC1CCN(C(=O)CC2(O)CCCC2)C1. The molecule has 1 aromatic heterocycles. The first-order chi connectivity index (χ1) is 11.5. The van der Waals surface area contributed by atoms with Crippen LogP contribution in [-0.4, -0.2) is 58.1 Å². The van der Waals surface area contributed by atoms with E-state index in [2.05, 4.69) is 23.0 Å². The molecule has 24 heavy (non-hydrogen) atoms. The summed E-state index contributed by atoms with van der Waals surface area (Å²) in [5, 5.41) is 10.4. The molecule has 1 saturated carbocycles. The van der Waals surface area contributed by atoms with Crippen LogP contribution in [-0.2, 0) is 11.3 Å². The van der Waals surface area contributed by atoms with Gasteiger partial charge in [0.2, 0.25) is 5.91 Å². The van der Waals surface area contributed by atoms with Crippen LogP contribution < -0.4 is 0 Å². The lowest BCUT2D eigenvalue weighted by molar-refractivity contribution is -0.135. The molecule has 2 fully saturated rings. The third-order valence-corrected chi connectivity index (χ3v) is 5.40. The number of nitrogens with zero attached hydrogens (tertiary/aromatic N) is 3. The lowest BCUT2D eigenvalue weighted by Crippen LogP contribution is -2.37. The smallest absolute Gasteiger partial charge is 0.225 e. The first kappa shape index (κ1) is 17.4. The summed E-state index contributed by atoms with van der Waals surface area (Å²) in [6, 6.07) is 4.06. The number of amides is 1. The Labute approximate surface area is 144 Å². The van der Waals surface area contributed by atoms with Crippen molar-refractivity contribution in [2.45, 2.75) is 50.7 Å². The molecule has 0 spiro atoms. The van der Waals surface area contributed by atoms with Crippen molar-refractivity contribution in [1.29, 1.82) is 0 Å². The molecule has 1 unspecified atom stereocenters. The van der Waals surface area contributed by atoms with Gasteiger partial charge in [0, 0.05) is 38.6 Å². The van der Waals surface area contributed by atoms with E-state index in [9.17, 15) is 9.90 Å². The minimum absolute atomic E-state index is 0.136. The summed E-state index contributed by atoms with van der Waals surface area (Å²) in [6.45, 7) is 3.54. The van der Waals surface area contributed by atoms with Gasteiger partial charge in [-0.3, -0.25) is 9.78 Å². The Hall–Kier alpha value is -1.46. The maximum absolute atomic E-state index is 12.5. The monoisotopic (exact) mass is 331 g/mol. The zero-order valence-corrected chi connectivity index (χ0v) is 14.7. The molecule has 1 aromatic rings. The number of carbonyl (C=O) groups is 1. The van der Waals surface area contributed by atoms with Gasteiger partial charge in [-0.25, -0.2) is 0 Å². The van der Waals surface area contributed by atoms with E-state index in [-0.39, 0.29) is 5.91 Å². The van der Waals surface area contributed by atoms with E-state index in [1.165, 1.54) is 5.56 Å². The highest BCUT2D eigenvalue weighted by Gasteiger charge is 2.36. The van der Waals surface area contributed by atoms with E-state index in [0.29, 0.717) is 12.3 Å². The number of likely N-dealkylation sites (tertiary alicyclic amines) is 1. The van der Waals surface area contributed by atoms with Crippen LogP contribution in [0.15, 0.2) is 24.5 Å². The van der Waals surface area contributed by atoms with E-state index >= 15 is 0 Å². The summed E-state index contributed by atoms with van der Waals surface area (Å²) in [7, 11) is 2.12. The molecule has 0 bridgehead atoms. The lowest BCUT2D eigenvalue weighted by atomic mass is 9.97. The van der Waals surface area contributed by atoms with Crippen molar-refractivity contribution >= 4 is 5.91 Å². The fourth-order valence-electron chi connectivity index (χ4n) is 4.12. The summed E-state index contributed by atoms with van der Waals surface area (Å²) in [5.74, 6) is 0.658. The molecule has 5 nitrogen and oxygen atoms in total. The predicted molar refractivity (Wildman–Crippen MR) is 93.3 cm³/mol. The molecule has 1 N–H and O–H groups in total. The van der Waals surface area contributed by atoms with Crippen molar-refractivity contribution in [3.63, 3.8) is 0 Å². The molecule has 1 atom stereocenters. The number of pyridine rings is 1. The molecule has 1 amide bonds.